The maximum atomic E-state index is 6.29. The second-order valence-electron chi connectivity index (χ2n) is 6.36. The lowest BCUT2D eigenvalue weighted by atomic mass is 10.1. The molecule has 0 fully saturated rings. The maximum Gasteiger partial charge on any atom is 0.191 e. The topological polar surface area (TPSA) is 39.7 Å². The number of aliphatic imine (C=N–C) groups is 1. The Balaban J connectivity index is 0.00000261. The van der Waals surface area contributed by atoms with Crippen LogP contribution in [0.5, 0.6) is 0 Å². The molecule has 6 heteroatoms. The number of hydrogen-bond donors (Lipinski definition) is 2. The number of benzene rings is 2. The van der Waals surface area contributed by atoms with Gasteiger partial charge in [-0.25, -0.2) is 0 Å². The zero-order chi connectivity index (χ0) is 18.4. The first-order chi connectivity index (χ1) is 12.7. The molecule has 0 radical (unpaired) electrons. The molecule has 0 aliphatic carbocycles. The molecular weight excluding hydrogens is 471 g/mol. The minimum atomic E-state index is 0. The van der Waals surface area contributed by atoms with E-state index in [0.29, 0.717) is 6.54 Å². The molecule has 2 N–H and O–H groups in total. The van der Waals surface area contributed by atoms with Gasteiger partial charge in [-0.2, -0.15) is 0 Å². The van der Waals surface area contributed by atoms with Crippen LogP contribution in [-0.2, 0) is 6.54 Å². The highest BCUT2D eigenvalue weighted by Crippen LogP contribution is 2.22. The van der Waals surface area contributed by atoms with Crippen molar-refractivity contribution < 1.29 is 0 Å². The SMILES string of the molecule is CN=C(NCc1cccc(N2CC=CC2)c1)NC(C)c1ccccc1Cl.I. The van der Waals surface area contributed by atoms with E-state index in [4.69, 9.17) is 11.6 Å². The minimum absolute atomic E-state index is 0. The molecule has 0 saturated heterocycles. The number of nitrogens with zero attached hydrogens (tertiary/aromatic N) is 2. The van der Waals surface area contributed by atoms with Crippen molar-refractivity contribution in [2.24, 2.45) is 4.99 Å². The molecule has 0 spiro atoms. The van der Waals surface area contributed by atoms with Crippen molar-refractivity contribution in [3.63, 3.8) is 0 Å². The van der Waals surface area contributed by atoms with Gasteiger partial charge in [-0.3, -0.25) is 4.99 Å². The molecule has 2 aromatic rings. The average Bonchev–Trinajstić information content (AvgIpc) is 3.20. The van der Waals surface area contributed by atoms with Crippen molar-refractivity contribution in [3.8, 4) is 0 Å². The van der Waals surface area contributed by atoms with Crippen molar-refractivity contribution in [2.45, 2.75) is 19.5 Å². The van der Waals surface area contributed by atoms with Crippen LogP contribution >= 0.6 is 35.6 Å². The largest absolute Gasteiger partial charge is 0.364 e. The molecular formula is C21H26ClIN4. The van der Waals surface area contributed by atoms with Gasteiger partial charge in [0.05, 0.1) is 6.04 Å². The van der Waals surface area contributed by atoms with E-state index in [2.05, 4.69) is 63.9 Å². The van der Waals surface area contributed by atoms with Crippen LogP contribution in [0.3, 0.4) is 0 Å². The van der Waals surface area contributed by atoms with Crippen molar-refractivity contribution >= 4 is 47.2 Å². The van der Waals surface area contributed by atoms with Crippen LogP contribution in [0.15, 0.2) is 65.7 Å². The molecule has 3 rings (SSSR count). The zero-order valence-electron chi connectivity index (χ0n) is 15.7. The van der Waals surface area contributed by atoms with Gasteiger partial charge in [0, 0.05) is 37.4 Å². The van der Waals surface area contributed by atoms with Crippen molar-refractivity contribution in [1.29, 1.82) is 0 Å². The molecule has 1 aliphatic rings. The molecule has 0 bridgehead atoms. The summed E-state index contributed by atoms with van der Waals surface area (Å²) in [5, 5.41) is 7.54. The highest BCUT2D eigenvalue weighted by molar-refractivity contribution is 14.0. The van der Waals surface area contributed by atoms with E-state index in [1.807, 2.05) is 24.3 Å². The van der Waals surface area contributed by atoms with E-state index >= 15 is 0 Å². The molecule has 1 heterocycles. The molecule has 0 aromatic heterocycles. The maximum absolute atomic E-state index is 6.29. The fraction of sp³-hybridized carbons (Fsp3) is 0.286. The van der Waals surface area contributed by atoms with Gasteiger partial charge in [-0.05, 0) is 36.2 Å². The van der Waals surface area contributed by atoms with Crippen molar-refractivity contribution in [2.75, 3.05) is 25.0 Å². The van der Waals surface area contributed by atoms with Gasteiger partial charge in [0.1, 0.15) is 0 Å². The summed E-state index contributed by atoms with van der Waals surface area (Å²) < 4.78 is 0. The van der Waals surface area contributed by atoms with E-state index in [-0.39, 0.29) is 30.0 Å². The quantitative estimate of drug-likeness (QED) is 0.271. The summed E-state index contributed by atoms with van der Waals surface area (Å²) in [4.78, 5) is 6.67. The minimum Gasteiger partial charge on any atom is -0.364 e. The monoisotopic (exact) mass is 496 g/mol. The van der Waals surface area contributed by atoms with Gasteiger partial charge in [-0.15, -0.1) is 24.0 Å². The number of anilines is 1. The van der Waals surface area contributed by atoms with Crippen LogP contribution in [0.1, 0.15) is 24.1 Å². The Kier molecular flexibility index (Phi) is 8.44. The lowest BCUT2D eigenvalue weighted by Crippen LogP contribution is -2.38. The Bertz CT molecular complexity index is 798. The van der Waals surface area contributed by atoms with Crippen LogP contribution in [-0.4, -0.2) is 26.1 Å². The van der Waals surface area contributed by atoms with Gasteiger partial charge >= 0.3 is 0 Å². The molecule has 1 aliphatic heterocycles. The molecule has 27 heavy (non-hydrogen) atoms. The van der Waals surface area contributed by atoms with Crippen LogP contribution in [0.2, 0.25) is 5.02 Å². The third-order valence-electron chi connectivity index (χ3n) is 4.50. The van der Waals surface area contributed by atoms with E-state index in [1.54, 1.807) is 7.05 Å². The Hall–Kier alpha value is -1.73. The molecule has 0 amide bonds. The predicted octanol–water partition coefficient (Wildman–Crippen LogP) is 4.76. The lowest BCUT2D eigenvalue weighted by Gasteiger charge is -2.20. The number of nitrogens with one attached hydrogen (secondary N) is 2. The highest BCUT2D eigenvalue weighted by Gasteiger charge is 2.11. The van der Waals surface area contributed by atoms with Gasteiger partial charge in [0.2, 0.25) is 0 Å². The Morgan fingerprint density at radius 3 is 2.59 bits per heavy atom. The van der Waals surface area contributed by atoms with Gasteiger partial charge in [0.25, 0.3) is 0 Å². The Morgan fingerprint density at radius 2 is 1.89 bits per heavy atom. The first-order valence-corrected chi connectivity index (χ1v) is 9.25. The standard InChI is InChI=1S/C21H25ClN4.HI/c1-16(19-10-3-4-11-20(19)22)25-21(23-2)24-15-17-8-7-9-18(14-17)26-12-5-6-13-26;/h3-11,14,16H,12-13,15H2,1-2H3,(H2,23,24,25);1H. The second-order valence-corrected chi connectivity index (χ2v) is 6.77. The van der Waals surface area contributed by atoms with Gasteiger partial charge in [0.15, 0.2) is 5.96 Å². The Morgan fingerprint density at radius 1 is 1.15 bits per heavy atom. The van der Waals surface area contributed by atoms with Crippen LogP contribution in [0.4, 0.5) is 5.69 Å². The Labute approximate surface area is 183 Å². The number of hydrogen-bond acceptors (Lipinski definition) is 2. The summed E-state index contributed by atoms with van der Waals surface area (Å²) in [7, 11) is 1.78. The third kappa shape index (κ3) is 5.87. The zero-order valence-corrected chi connectivity index (χ0v) is 18.7. The molecule has 1 atom stereocenters. The van der Waals surface area contributed by atoms with Crippen molar-refractivity contribution in [1.82, 2.24) is 10.6 Å². The number of rotatable bonds is 5. The molecule has 0 saturated carbocycles. The molecule has 144 valence electrons. The summed E-state index contributed by atoms with van der Waals surface area (Å²) in [5.41, 5.74) is 3.53. The fourth-order valence-corrected chi connectivity index (χ4v) is 3.34. The molecule has 4 nitrogen and oxygen atoms in total. The van der Waals surface area contributed by atoms with Crippen LogP contribution < -0.4 is 15.5 Å². The fourth-order valence-electron chi connectivity index (χ4n) is 3.04. The third-order valence-corrected chi connectivity index (χ3v) is 4.85. The van der Waals surface area contributed by atoms with E-state index < -0.39 is 0 Å². The first kappa shape index (κ1) is 21.6. The summed E-state index contributed by atoms with van der Waals surface area (Å²) in [6, 6.07) is 16.6. The van der Waals surface area contributed by atoms with E-state index in [9.17, 15) is 0 Å². The predicted molar refractivity (Wildman–Crippen MR) is 126 cm³/mol. The van der Waals surface area contributed by atoms with Crippen molar-refractivity contribution in [3.05, 3.63) is 76.8 Å². The second kappa shape index (κ2) is 10.6. The summed E-state index contributed by atoms with van der Waals surface area (Å²) >= 11 is 6.29. The van der Waals surface area contributed by atoms with E-state index in [0.717, 1.165) is 29.6 Å². The normalized spacial score (nSPS) is 14.6. The average molecular weight is 497 g/mol. The first-order valence-electron chi connectivity index (χ1n) is 8.88. The smallest absolute Gasteiger partial charge is 0.191 e. The molecule has 1 unspecified atom stereocenters. The summed E-state index contributed by atoms with van der Waals surface area (Å²) in [6.45, 7) is 4.75. The molecule has 2 aromatic carbocycles. The van der Waals surface area contributed by atoms with E-state index in [1.165, 1.54) is 11.3 Å². The number of guanidine groups is 1. The number of halogens is 2. The van der Waals surface area contributed by atoms with Gasteiger partial charge < -0.3 is 15.5 Å². The van der Waals surface area contributed by atoms with Crippen LogP contribution in [0, 0.1) is 0 Å². The van der Waals surface area contributed by atoms with Gasteiger partial charge in [-0.1, -0.05) is 54.1 Å². The lowest BCUT2D eigenvalue weighted by molar-refractivity contribution is 0.685. The highest BCUT2D eigenvalue weighted by atomic mass is 127. The van der Waals surface area contributed by atoms with Crippen LogP contribution in [0.25, 0.3) is 0 Å². The summed E-state index contributed by atoms with van der Waals surface area (Å²) in [6.07, 6.45) is 4.40. The summed E-state index contributed by atoms with van der Waals surface area (Å²) in [5.74, 6) is 0.755.